The average molecular weight is 470 g/mol. The molecule has 1 saturated heterocycles. The molecule has 0 radical (unpaired) electrons. The van der Waals surface area contributed by atoms with Gasteiger partial charge in [-0.3, -0.25) is 9.36 Å². The summed E-state index contributed by atoms with van der Waals surface area (Å²) in [5.41, 5.74) is 7.02. The van der Waals surface area contributed by atoms with Crippen LogP contribution in [0.1, 0.15) is 39.2 Å². The van der Waals surface area contributed by atoms with Gasteiger partial charge in [0.1, 0.15) is 0 Å². The van der Waals surface area contributed by atoms with Crippen molar-refractivity contribution in [1.29, 1.82) is 0 Å². The summed E-state index contributed by atoms with van der Waals surface area (Å²) in [7, 11) is -3.35. The smallest absolute Gasteiger partial charge is 0.409 e. The lowest BCUT2D eigenvalue weighted by molar-refractivity contribution is -0.123. The molecule has 9 nitrogen and oxygen atoms in total. The number of Topliss-reactive ketones (excluding diaryl/α,β-unsaturated/α-hetero) is 1. The van der Waals surface area contributed by atoms with Crippen molar-refractivity contribution in [3.63, 3.8) is 0 Å². The predicted molar refractivity (Wildman–Crippen MR) is 123 cm³/mol. The molecular formula is C22H36N3O6P. The zero-order valence-electron chi connectivity index (χ0n) is 19.2. The summed E-state index contributed by atoms with van der Waals surface area (Å²) >= 11 is 0. The lowest BCUT2D eigenvalue weighted by Gasteiger charge is -2.33. The first-order valence-electron chi connectivity index (χ1n) is 11.3. The van der Waals surface area contributed by atoms with E-state index >= 15 is 0 Å². The zero-order chi connectivity index (χ0) is 23.6. The summed E-state index contributed by atoms with van der Waals surface area (Å²) in [6.07, 6.45) is 1.69. The highest BCUT2D eigenvalue weighted by Gasteiger charge is 2.32. The third-order valence-electron chi connectivity index (χ3n) is 5.17. The summed E-state index contributed by atoms with van der Waals surface area (Å²) in [6, 6.07) is 5.65. The van der Waals surface area contributed by atoms with Crippen molar-refractivity contribution in [1.82, 2.24) is 10.2 Å². The molecule has 1 aromatic carbocycles. The Morgan fingerprint density at radius 1 is 1.19 bits per heavy atom. The fraction of sp³-hybridized carbons (Fsp3) is 0.636. The van der Waals surface area contributed by atoms with E-state index in [0.29, 0.717) is 31.4 Å². The van der Waals surface area contributed by atoms with Gasteiger partial charge in [-0.15, -0.1) is 0 Å². The monoisotopic (exact) mass is 469 g/mol. The van der Waals surface area contributed by atoms with E-state index in [1.807, 2.05) is 6.92 Å². The van der Waals surface area contributed by atoms with Crippen LogP contribution in [-0.2, 0) is 29.6 Å². The number of nitrogens with one attached hydrogen (secondary N) is 1. The molecule has 180 valence electrons. The molecule has 2 rings (SSSR count). The highest BCUT2D eigenvalue weighted by molar-refractivity contribution is 7.62. The second-order valence-electron chi connectivity index (χ2n) is 7.63. The third kappa shape index (κ3) is 7.39. The van der Waals surface area contributed by atoms with Crippen LogP contribution in [0.25, 0.3) is 0 Å². The van der Waals surface area contributed by atoms with Crippen LogP contribution in [0.5, 0.6) is 0 Å². The van der Waals surface area contributed by atoms with Gasteiger partial charge in [0.2, 0.25) is 0 Å². The number of unbranched alkanes of at least 4 members (excludes halogenated alkanes) is 1. The molecule has 1 heterocycles. The SMILES string of the molecule is CCCCOC(=O)N1CCNC(C(=O)[C@@H](N)Cc2ccc(P(=O)(OCC)OCC)cc2)C1. The lowest BCUT2D eigenvalue weighted by Crippen LogP contribution is -2.59. The Bertz CT molecular complexity index is 778. The Kier molecular flexibility index (Phi) is 10.8. The van der Waals surface area contributed by atoms with Gasteiger partial charge < -0.3 is 29.7 Å². The van der Waals surface area contributed by atoms with Crippen molar-refractivity contribution in [3.05, 3.63) is 29.8 Å². The quantitative estimate of drug-likeness (QED) is 0.353. The molecule has 1 fully saturated rings. The van der Waals surface area contributed by atoms with Gasteiger partial charge in [0.25, 0.3) is 0 Å². The number of carbonyl (C=O) groups is 2. The van der Waals surface area contributed by atoms with E-state index in [1.54, 1.807) is 43.0 Å². The molecule has 1 aromatic rings. The van der Waals surface area contributed by atoms with Crippen LogP contribution in [-0.4, -0.2) is 68.3 Å². The van der Waals surface area contributed by atoms with Crippen LogP contribution in [0.4, 0.5) is 4.79 Å². The Balaban J connectivity index is 1.95. The average Bonchev–Trinajstić information content (AvgIpc) is 2.79. The van der Waals surface area contributed by atoms with E-state index in [-0.39, 0.29) is 25.5 Å². The minimum absolute atomic E-state index is 0.158. The predicted octanol–water partition coefficient (Wildman–Crippen LogP) is 2.23. The van der Waals surface area contributed by atoms with Crippen molar-refractivity contribution in [2.24, 2.45) is 5.73 Å². The highest BCUT2D eigenvalue weighted by Crippen LogP contribution is 2.46. The second kappa shape index (κ2) is 13.1. The summed E-state index contributed by atoms with van der Waals surface area (Å²) < 4.78 is 28.8. The van der Waals surface area contributed by atoms with Gasteiger partial charge in [0.05, 0.1) is 37.2 Å². The molecule has 2 atom stereocenters. The van der Waals surface area contributed by atoms with Gasteiger partial charge >= 0.3 is 13.7 Å². The second-order valence-corrected chi connectivity index (χ2v) is 9.66. The minimum Gasteiger partial charge on any atom is -0.449 e. The summed E-state index contributed by atoms with van der Waals surface area (Å²) in [5.74, 6) is -0.158. The van der Waals surface area contributed by atoms with Crippen LogP contribution < -0.4 is 16.4 Å². The molecule has 1 amide bonds. The molecule has 32 heavy (non-hydrogen) atoms. The number of piperazine rings is 1. The van der Waals surface area contributed by atoms with Crippen molar-refractivity contribution >= 4 is 24.8 Å². The molecule has 0 aliphatic carbocycles. The standard InChI is InChI=1S/C22H36N3O6P/c1-4-7-14-29-22(27)25-13-12-24-20(16-25)21(26)19(23)15-17-8-10-18(11-9-17)32(28,30-5-2)31-6-3/h8-11,19-20,24H,4-7,12-16,23H2,1-3H3/t19-,20?/m0/s1. The summed E-state index contributed by atoms with van der Waals surface area (Å²) in [6.45, 7) is 7.71. The van der Waals surface area contributed by atoms with Crippen LogP contribution in [0, 0.1) is 0 Å². The Labute approximate surface area is 190 Å². The lowest BCUT2D eigenvalue weighted by atomic mass is 9.97. The number of nitrogens with two attached hydrogens (primary N) is 1. The topological polar surface area (TPSA) is 120 Å². The van der Waals surface area contributed by atoms with Crippen LogP contribution in [0.2, 0.25) is 0 Å². The maximum Gasteiger partial charge on any atom is 0.409 e. The first-order valence-corrected chi connectivity index (χ1v) is 12.8. The minimum atomic E-state index is -3.35. The van der Waals surface area contributed by atoms with Crippen LogP contribution in [0.3, 0.4) is 0 Å². The Morgan fingerprint density at radius 2 is 1.84 bits per heavy atom. The molecule has 1 aliphatic heterocycles. The van der Waals surface area contributed by atoms with Crippen molar-refractivity contribution in [2.75, 3.05) is 39.5 Å². The maximum absolute atomic E-state index is 12.9. The number of nitrogens with zero attached hydrogens (tertiary/aromatic N) is 1. The van der Waals surface area contributed by atoms with E-state index in [0.717, 1.165) is 18.4 Å². The zero-order valence-corrected chi connectivity index (χ0v) is 20.1. The van der Waals surface area contributed by atoms with Gasteiger partial charge in [-0.05, 0) is 44.4 Å². The van der Waals surface area contributed by atoms with E-state index in [1.165, 1.54) is 0 Å². The van der Waals surface area contributed by atoms with Crippen LogP contribution >= 0.6 is 7.60 Å². The first kappa shape index (κ1) is 26.5. The van der Waals surface area contributed by atoms with E-state index in [9.17, 15) is 14.2 Å². The molecule has 1 aliphatic rings. The number of carbonyl (C=O) groups excluding carboxylic acids is 2. The number of rotatable bonds is 12. The molecule has 10 heteroatoms. The van der Waals surface area contributed by atoms with E-state index < -0.39 is 25.8 Å². The number of benzene rings is 1. The van der Waals surface area contributed by atoms with E-state index in [4.69, 9.17) is 19.5 Å². The van der Waals surface area contributed by atoms with Gasteiger partial charge in [0, 0.05) is 19.6 Å². The van der Waals surface area contributed by atoms with Crippen molar-refractivity contribution in [3.8, 4) is 0 Å². The fourth-order valence-corrected chi connectivity index (χ4v) is 5.02. The maximum atomic E-state index is 12.9. The Morgan fingerprint density at radius 3 is 2.44 bits per heavy atom. The molecule has 0 bridgehead atoms. The highest BCUT2D eigenvalue weighted by atomic mass is 31.2. The number of ketones is 1. The third-order valence-corrected chi connectivity index (χ3v) is 7.30. The van der Waals surface area contributed by atoms with Gasteiger partial charge in [-0.2, -0.15) is 0 Å². The number of hydrogen-bond donors (Lipinski definition) is 2. The Hall–Kier alpha value is -1.77. The van der Waals surface area contributed by atoms with Crippen LogP contribution in [0.15, 0.2) is 24.3 Å². The first-order chi connectivity index (χ1) is 15.3. The fourth-order valence-electron chi connectivity index (χ4n) is 3.46. The van der Waals surface area contributed by atoms with E-state index in [2.05, 4.69) is 5.32 Å². The van der Waals surface area contributed by atoms with Crippen molar-refractivity contribution in [2.45, 2.75) is 52.1 Å². The van der Waals surface area contributed by atoms with Gasteiger partial charge in [-0.25, -0.2) is 4.79 Å². The molecular weight excluding hydrogens is 433 g/mol. The molecule has 3 N–H and O–H groups in total. The number of amides is 1. The number of hydrogen-bond acceptors (Lipinski definition) is 8. The summed E-state index contributed by atoms with van der Waals surface area (Å²) in [5, 5.41) is 3.61. The van der Waals surface area contributed by atoms with Gasteiger partial charge in [-0.1, -0.05) is 25.5 Å². The molecule has 0 saturated carbocycles. The molecule has 0 spiro atoms. The summed E-state index contributed by atoms with van der Waals surface area (Å²) in [4.78, 5) is 26.6. The van der Waals surface area contributed by atoms with Crippen molar-refractivity contribution < 1.29 is 27.9 Å². The van der Waals surface area contributed by atoms with Gasteiger partial charge in [0.15, 0.2) is 5.78 Å². The normalized spacial score (nSPS) is 17.8. The molecule has 0 aromatic heterocycles. The number of ether oxygens (including phenoxy) is 1. The largest absolute Gasteiger partial charge is 0.449 e. The molecule has 1 unspecified atom stereocenters.